The first-order valence-electron chi connectivity index (χ1n) is 2.75. The summed E-state index contributed by atoms with van der Waals surface area (Å²) >= 11 is 0. The second kappa shape index (κ2) is 3.95. The molecule has 9 heavy (non-hydrogen) atoms. The van der Waals surface area contributed by atoms with Crippen LogP contribution in [-0.2, 0) is 4.74 Å². The Kier molecular flexibility index (Phi) is 3.51. The summed E-state index contributed by atoms with van der Waals surface area (Å²) in [6.07, 6.45) is 0.637. The molecule has 0 radical (unpaired) electrons. The molecule has 0 aliphatic carbocycles. The summed E-state index contributed by atoms with van der Waals surface area (Å²) in [5.74, 6) is 0. The minimum atomic E-state index is -0.458. The van der Waals surface area contributed by atoms with Crippen LogP contribution in [0.1, 0.15) is 13.8 Å². The molecule has 0 heterocycles. The molecule has 1 N–H and O–H groups in total. The zero-order valence-electron chi connectivity index (χ0n) is 5.68. The smallest absolute Gasteiger partial charge is 0.412 e. The molecule has 0 rings (SSSR count). The van der Waals surface area contributed by atoms with Crippen molar-refractivity contribution in [2.75, 3.05) is 0 Å². The van der Waals surface area contributed by atoms with Crippen LogP contribution in [-0.4, -0.2) is 12.1 Å². The summed E-state index contributed by atoms with van der Waals surface area (Å²) in [4.78, 5) is 10.4. The van der Waals surface area contributed by atoms with Crippen LogP contribution in [0.2, 0.25) is 0 Å². The van der Waals surface area contributed by atoms with Gasteiger partial charge in [0, 0.05) is 6.04 Å². The lowest BCUT2D eigenvalue weighted by Gasteiger charge is -2.04. The highest BCUT2D eigenvalue weighted by Gasteiger charge is 1.99. The van der Waals surface area contributed by atoms with Gasteiger partial charge in [-0.1, -0.05) is 6.58 Å². The molecule has 3 heteroatoms. The molecule has 0 spiro atoms. The van der Waals surface area contributed by atoms with Gasteiger partial charge < -0.3 is 10.1 Å². The lowest BCUT2D eigenvalue weighted by molar-refractivity contribution is 0.183. The fourth-order valence-electron chi connectivity index (χ4n) is 0.345. The van der Waals surface area contributed by atoms with Gasteiger partial charge in [0.15, 0.2) is 0 Å². The van der Waals surface area contributed by atoms with E-state index in [1.165, 1.54) is 0 Å². The summed E-state index contributed by atoms with van der Waals surface area (Å²) < 4.78 is 4.37. The van der Waals surface area contributed by atoms with E-state index in [2.05, 4.69) is 16.6 Å². The normalized spacial score (nSPS) is 8.78. The number of ether oxygens (including phenoxy) is 1. The average molecular weight is 129 g/mol. The number of amides is 1. The van der Waals surface area contributed by atoms with E-state index in [0.29, 0.717) is 0 Å². The van der Waals surface area contributed by atoms with E-state index >= 15 is 0 Å². The van der Waals surface area contributed by atoms with Gasteiger partial charge in [-0.15, -0.1) is 0 Å². The largest absolute Gasteiger partial charge is 0.419 e. The van der Waals surface area contributed by atoms with Gasteiger partial charge in [0.1, 0.15) is 0 Å². The first kappa shape index (κ1) is 8.01. The Bertz CT molecular complexity index is 110. The highest BCUT2D eigenvalue weighted by Crippen LogP contribution is 1.80. The summed E-state index contributed by atoms with van der Waals surface area (Å²) in [6, 6.07) is 0.109. The molecule has 3 nitrogen and oxygen atoms in total. The van der Waals surface area contributed by atoms with Crippen molar-refractivity contribution in [1.82, 2.24) is 5.32 Å². The maximum Gasteiger partial charge on any atom is 0.412 e. The van der Waals surface area contributed by atoms with Gasteiger partial charge in [-0.25, -0.2) is 4.79 Å². The molecular weight excluding hydrogens is 118 g/mol. The Morgan fingerprint density at radius 2 is 2.33 bits per heavy atom. The molecule has 0 atom stereocenters. The Hall–Kier alpha value is -0.990. The second-order valence-electron chi connectivity index (χ2n) is 1.87. The predicted octanol–water partition coefficient (Wildman–Crippen LogP) is 1.26. The van der Waals surface area contributed by atoms with Crippen LogP contribution in [0.15, 0.2) is 12.8 Å². The molecule has 0 saturated heterocycles. The Morgan fingerprint density at radius 3 is 2.67 bits per heavy atom. The fourth-order valence-corrected chi connectivity index (χ4v) is 0.345. The van der Waals surface area contributed by atoms with Crippen molar-refractivity contribution in [2.45, 2.75) is 19.9 Å². The third-order valence-corrected chi connectivity index (χ3v) is 0.597. The quantitative estimate of drug-likeness (QED) is 0.570. The van der Waals surface area contributed by atoms with Gasteiger partial charge in [-0.3, -0.25) is 0 Å². The van der Waals surface area contributed by atoms with Crippen molar-refractivity contribution in [3.63, 3.8) is 0 Å². The van der Waals surface area contributed by atoms with Gasteiger partial charge in [-0.05, 0) is 13.8 Å². The standard InChI is InChI=1S/C6H11NO2/c1-4-9-6(8)7-5(2)3/h4-5H,1H2,2-3H3,(H,7,8). The van der Waals surface area contributed by atoms with Crippen molar-refractivity contribution in [3.05, 3.63) is 12.8 Å². The molecule has 0 aromatic rings. The van der Waals surface area contributed by atoms with E-state index < -0.39 is 6.09 Å². The average Bonchev–Trinajstić information content (AvgIpc) is 1.63. The van der Waals surface area contributed by atoms with Crippen molar-refractivity contribution in [2.24, 2.45) is 0 Å². The van der Waals surface area contributed by atoms with Crippen molar-refractivity contribution in [3.8, 4) is 0 Å². The first-order chi connectivity index (χ1) is 4.16. The van der Waals surface area contributed by atoms with Crippen molar-refractivity contribution >= 4 is 6.09 Å². The Balaban J connectivity index is 3.38. The number of nitrogens with one attached hydrogen (secondary N) is 1. The minimum Gasteiger partial charge on any atom is -0.419 e. The van der Waals surface area contributed by atoms with Gasteiger partial charge >= 0.3 is 6.09 Å². The van der Waals surface area contributed by atoms with E-state index in [1.807, 2.05) is 13.8 Å². The third-order valence-electron chi connectivity index (χ3n) is 0.597. The van der Waals surface area contributed by atoms with E-state index in [1.54, 1.807) is 0 Å². The number of carbonyl (C=O) groups excluding carboxylic acids is 1. The SMILES string of the molecule is C=COC(=O)NC(C)C. The van der Waals surface area contributed by atoms with E-state index in [9.17, 15) is 4.79 Å². The molecule has 0 unspecified atom stereocenters. The Morgan fingerprint density at radius 1 is 1.78 bits per heavy atom. The molecule has 0 saturated carbocycles. The highest BCUT2D eigenvalue weighted by molar-refractivity contribution is 5.67. The zero-order valence-corrected chi connectivity index (χ0v) is 5.68. The van der Waals surface area contributed by atoms with Crippen molar-refractivity contribution in [1.29, 1.82) is 0 Å². The first-order valence-corrected chi connectivity index (χ1v) is 2.75. The summed E-state index contributed by atoms with van der Waals surface area (Å²) in [5, 5.41) is 2.51. The van der Waals surface area contributed by atoms with Gasteiger partial charge in [0.05, 0.1) is 6.26 Å². The van der Waals surface area contributed by atoms with Crippen LogP contribution in [0.4, 0.5) is 4.79 Å². The van der Waals surface area contributed by atoms with Crippen LogP contribution in [0.3, 0.4) is 0 Å². The van der Waals surface area contributed by atoms with Gasteiger partial charge in [0.25, 0.3) is 0 Å². The number of carbonyl (C=O) groups is 1. The molecule has 52 valence electrons. The van der Waals surface area contributed by atoms with Crippen LogP contribution in [0, 0.1) is 0 Å². The number of alkyl carbamates (subject to hydrolysis) is 1. The molecule has 0 aromatic carbocycles. The molecule has 1 amide bonds. The van der Waals surface area contributed by atoms with Crippen LogP contribution in [0.5, 0.6) is 0 Å². The monoisotopic (exact) mass is 129 g/mol. The lowest BCUT2D eigenvalue weighted by Crippen LogP contribution is -2.29. The van der Waals surface area contributed by atoms with Gasteiger partial charge in [0.2, 0.25) is 0 Å². The predicted molar refractivity (Wildman–Crippen MR) is 34.9 cm³/mol. The Labute approximate surface area is 54.7 Å². The molecule has 0 aromatic heterocycles. The molecule has 0 fully saturated rings. The molecule has 0 bridgehead atoms. The van der Waals surface area contributed by atoms with Crippen LogP contribution < -0.4 is 5.32 Å². The van der Waals surface area contributed by atoms with Crippen LogP contribution >= 0.6 is 0 Å². The minimum absolute atomic E-state index is 0.109. The topological polar surface area (TPSA) is 38.3 Å². The second-order valence-corrected chi connectivity index (χ2v) is 1.87. The fraction of sp³-hybridized carbons (Fsp3) is 0.500. The van der Waals surface area contributed by atoms with E-state index in [4.69, 9.17) is 0 Å². The molecular formula is C6H11NO2. The van der Waals surface area contributed by atoms with Crippen LogP contribution in [0.25, 0.3) is 0 Å². The summed E-state index contributed by atoms with van der Waals surface area (Å²) in [7, 11) is 0. The van der Waals surface area contributed by atoms with E-state index in [0.717, 1.165) is 6.26 Å². The number of rotatable bonds is 2. The zero-order chi connectivity index (χ0) is 7.28. The maximum atomic E-state index is 10.4. The third kappa shape index (κ3) is 4.87. The summed E-state index contributed by atoms with van der Waals surface area (Å²) in [5.41, 5.74) is 0. The molecule has 0 aliphatic heterocycles. The van der Waals surface area contributed by atoms with Gasteiger partial charge in [-0.2, -0.15) is 0 Å². The molecule has 0 aliphatic rings. The van der Waals surface area contributed by atoms with Crippen molar-refractivity contribution < 1.29 is 9.53 Å². The van der Waals surface area contributed by atoms with E-state index in [-0.39, 0.29) is 6.04 Å². The number of hydrogen-bond donors (Lipinski definition) is 1. The highest BCUT2D eigenvalue weighted by atomic mass is 16.5. The summed E-state index contributed by atoms with van der Waals surface area (Å²) in [6.45, 7) is 6.93. The lowest BCUT2D eigenvalue weighted by atomic mass is 10.4. The maximum absolute atomic E-state index is 10.4. The number of hydrogen-bond acceptors (Lipinski definition) is 2.